The predicted molar refractivity (Wildman–Crippen MR) is 118 cm³/mol. The van der Waals surface area contributed by atoms with Gasteiger partial charge in [-0.25, -0.2) is 8.42 Å². The highest BCUT2D eigenvalue weighted by Gasteiger charge is 2.55. The van der Waals surface area contributed by atoms with Crippen molar-refractivity contribution in [2.24, 2.45) is 16.7 Å². The number of sulfone groups is 1. The minimum absolute atomic E-state index is 0.219. The van der Waals surface area contributed by atoms with Crippen molar-refractivity contribution in [3.63, 3.8) is 0 Å². The molecule has 1 saturated heterocycles. The molecule has 0 bridgehead atoms. The Bertz CT molecular complexity index is 993. The topological polar surface area (TPSA) is 60.4 Å². The fourth-order valence-electron chi connectivity index (χ4n) is 5.69. The third kappa shape index (κ3) is 3.31. The molecule has 4 rings (SSSR count). The first-order valence-electron chi connectivity index (χ1n) is 11.0. The standard InChI is InChI=1S/C25H32O4S/c1-5-24(3)15-21(25(4)17(2)11-12-18-13-14-20(26)23(18)25)29-22(16-24)30(27,28)19-9-7-6-8-10-19/h5-10,17,21-22H,1,11-16H2,2-4H3/t17-,21+,22-,24+,25+/m0/s1. The number of rotatable bonds is 4. The molecule has 0 spiro atoms. The van der Waals surface area contributed by atoms with Crippen molar-refractivity contribution in [1.29, 1.82) is 0 Å². The third-order valence-electron chi connectivity index (χ3n) is 7.91. The van der Waals surface area contributed by atoms with Crippen LogP contribution in [0.15, 0.2) is 59.0 Å². The Balaban J connectivity index is 1.78. The van der Waals surface area contributed by atoms with Gasteiger partial charge in [-0.15, -0.1) is 6.58 Å². The number of benzene rings is 1. The van der Waals surface area contributed by atoms with E-state index in [0.717, 1.165) is 24.8 Å². The average molecular weight is 429 g/mol. The van der Waals surface area contributed by atoms with Crippen molar-refractivity contribution >= 4 is 15.6 Å². The molecule has 1 fully saturated rings. The Labute approximate surface area is 180 Å². The second-order valence-corrected chi connectivity index (χ2v) is 11.9. The van der Waals surface area contributed by atoms with Gasteiger partial charge in [-0.1, -0.05) is 50.6 Å². The van der Waals surface area contributed by atoms with Crippen LogP contribution < -0.4 is 0 Å². The molecule has 5 heteroatoms. The van der Waals surface area contributed by atoms with Crippen LogP contribution in [-0.2, 0) is 19.4 Å². The third-order valence-corrected chi connectivity index (χ3v) is 9.81. The van der Waals surface area contributed by atoms with Crippen LogP contribution in [0, 0.1) is 16.7 Å². The summed E-state index contributed by atoms with van der Waals surface area (Å²) in [5.41, 5.74) is 0.384. The van der Waals surface area contributed by atoms with Crippen molar-refractivity contribution in [3.8, 4) is 0 Å². The first kappa shape index (κ1) is 21.5. The van der Waals surface area contributed by atoms with E-state index in [-0.39, 0.29) is 28.1 Å². The molecule has 0 radical (unpaired) electrons. The molecule has 30 heavy (non-hydrogen) atoms. The van der Waals surface area contributed by atoms with Gasteiger partial charge >= 0.3 is 0 Å². The summed E-state index contributed by atoms with van der Waals surface area (Å²) in [5, 5.41) is 0. The number of hydrogen-bond donors (Lipinski definition) is 0. The number of carbonyl (C=O) groups is 1. The van der Waals surface area contributed by atoms with Gasteiger partial charge in [0.15, 0.2) is 11.2 Å². The lowest BCUT2D eigenvalue weighted by atomic mass is 9.59. The highest BCUT2D eigenvalue weighted by Crippen LogP contribution is 2.56. The van der Waals surface area contributed by atoms with E-state index in [1.807, 2.05) is 12.1 Å². The van der Waals surface area contributed by atoms with Gasteiger partial charge in [-0.05, 0) is 55.6 Å². The molecule has 1 heterocycles. The molecule has 4 nitrogen and oxygen atoms in total. The lowest BCUT2D eigenvalue weighted by molar-refractivity contribution is -0.128. The lowest BCUT2D eigenvalue weighted by Crippen LogP contribution is -2.52. The van der Waals surface area contributed by atoms with Gasteiger partial charge in [0.05, 0.1) is 11.0 Å². The van der Waals surface area contributed by atoms with Crippen LogP contribution in [0.25, 0.3) is 0 Å². The Morgan fingerprint density at radius 1 is 1.10 bits per heavy atom. The maximum absolute atomic E-state index is 13.5. The molecule has 3 aliphatic rings. The number of ketones is 1. The molecule has 0 amide bonds. The van der Waals surface area contributed by atoms with E-state index in [4.69, 9.17) is 4.74 Å². The summed E-state index contributed by atoms with van der Waals surface area (Å²) in [6, 6.07) is 8.53. The minimum Gasteiger partial charge on any atom is -0.358 e. The maximum atomic E-state index is 13.5. The van der Waals surface area contributed by atoms with Crippen LogP contribution in [-0.4, -0.2) is 25.7 Å². The predicted octanol–water partition coefficient (Wildman–Crippen LogP) is 5.25. The maximum Gasteiger partial charge on any atom is 0.205 e. The number of carbonyl (C=O) groups excluding carboxylic acids is 1. The van der Waals surface area contributed by atoms with Crippen LogP contribution in [0.5, 0.6) is 0 Å². The zero-order valence-corrected chi connectivity index (χ0v) is 19.0. The highest BCUT2D eigenvalue weighted by molar-refractivity contribution is 7.92. The zero-order chi connectivity index (χ0) is 21.7. The van der Waals surface area contributed by atoms with Crippen LogP contribution in [0.2, 0.25) is 0 Å². The van der Waals surface area contributed by atoms with Crippen LogP contribution in [0.4, 0.5) is 0 Å². The number of Topliss-reactive ketones (excluding diaryl/α,β-unsaturated/α-hetero) is 1. The number of ether oxygens (including phenoxy) is 1. The Morgan fingerprint density at radius 3 is 2.47 bits per heavy atom. The molecule has 1 aromatic rings. The Kier molecular flexibility index (Phi) is 5.34. The minimum atomic E-state index is -3.67. The molecule has 2 aliphatic carbocycles. The summed E-state index contributed by atoms with van der Waals surface area (Å²) >= 11 is 0. The summed E-state index contributed by atoms with van der Waals surface area (Å²) in [4.78, 5) is 13.2. The van der Waals surface area contributed by atoms with Gasteiger partial charge in [-0.3, -0.25) is 4.79 Å². The molecular formula is C25H32O4S. The van der Waals surface area contributed by atoms with Crippen molar-refractivity contribution in [2.45, 2.75) is 75.7 Å². The molecule has 1 aliphatic heterocycles. The van der Waals surface area contributed by atoms with Crippen LogP contribution in [0.1, 0.15) is 59.3 Å². The molecule has 5 atom stereocenters. The van der Waals surface area contributed by atoms with Crippen molar-refractivity contribution in [1.82, 2.24) is 0 Å². The van der Waals surface area contributed by atoms with Gasteiger partial charge in [0.2, 0.25) is 9.84 Å². The van der Waals surface area contributed by atoms with E-state index in [9.17, 15) is 13.2 Å². The van der Waals surface area contributed by atoms with Gasteiger partial charge in [0, 0.05) is 17.4 Å². The molecule has 0 unspecified atom stereocenters. The largest absolute Gasteiger partial charge is 0.358 e. The van der Waals surface area contributed by atoms with Gasteiger partial charge in [-0.2, -0.15) is 0 Å². The summed E-state index contributed by atoms with van der Waals surface area (Å²) in [5.74, 6) is 0.464. The van der Waals surface area contributed by atoms with Crippen molar-refractivity contribution in [3.05, 3.63) is 54.1 Å². The smallest absolute Gasteiger partial charge is 0.205 e. The highest BCUT2D eigenvalue weighted by atomic mass is 32.2. The summed E-state index contributed by atoms with van der Waals surface area (Å²) in [7, 11) is -3.67. The molecule has 0 aromatic heterocycles. The summed E-state index contributed by atoms with van der Waals surface area (Å²) in [6.45, 7) is 10.4. The number of hydrogen-bond acceptors (Lipinski definition) is 4. The van der Waals surface area contributed by atoms with Crippen LogP contribution in [0.3, 0.4) is 0 Å². The first-order chi connectivity index (χ1) is 14.1. The summed E-state index contributed by atoms with van der Waals surface area (Å²) < 4.78 is 33.4. The van der Waals surface area contributed by atoms with Gasteiger partial charge in [0.25, 0.3) is 0 Å². The van der Waals surface area contributed by atoms with Crippen LogP contribution >= 0.6 is 0 Å². The Hall–Kier alpha value is -1.72. The monoisotopic (exact) mass is 428 g/mol. The molecule has 1 aromatic carbocycles. The SMILES string of the molecule is C=C[C@]1(C)C[C@H]([C@]2(C)C3=C(CCC3=O)CC[C@@H]2C)O[C@@H](S(=O)(=O)c2ccccc2)C1. The summed E-state index contributed by atoms with van der Waals surface area (Å²) in [6.07, 6.45) is 5.95. The lowest BCUT2D eigenvalue weighted by Gasteiger charge is -2.52. The van der Waals surface area contributed by atoms with E-state index in [1.165, 1.54) is 5.57 Å². The van der Waals surface area contributed by atoms with E-state index in [0.29, 0.717) is 19.3 Å². The fraction of sp³-hybridized carbons (Fsp3) is 0.560. The molecule has 0 N–H and O–H groups in total. The van der Waals surface area contributed by atoms with Gasteiger partial charge < -0.3 is 4.74 Å². The van der Waals surface area contributed by atoms with Crippen molar-refractivity contribution < 1.29 is 17.9 Å². The molecular weight excluding hydrogens is 396 g/mol. The first-order valence-corrected chi connectivity index (χ1v) is 12.5. The quantitative estimate of drug-likeness (QED) is 0.614. The van der Waals surface area contributed by atoms with E-state index in [1.54, 1.807) is 24.3 Å². The second kappa shape index (κ2) is 7.45. The Morgan fingerprint density at radius 2 is 1.80 bits per heavy atom. The normalized spacial score (nSPS) is 37.2. The zero-order valence-electron chi connectivity index (χ0n) is 18.2. The van der Waals surface area contributed by atoms with Gasteiger partial charge in [0.1, 0.15) is 0 Å². The second-order valence-electron chi connectivity index (χ2n) is 9.80. The molecule has 0 saturated carbocycles. The van der Waals surface area contributed by atoms with E-state index >= 15 is 0 Å². The fourth-order valence-corrected chi connectivity index (χ4v) is 7.41. The van der Waals surface area contributed by atoms with E-state index < -0.39 is 20.7 Å². The average Bonchev–Trinajstić information content (AvgIpc) is 3.12. The van der Waals surface area contributed by atoms with E-state index in [2.05, 4.69) is 27.4 Å². The number of allylic oxidation sites excluding steroid dienone is 2. The molecule has 162 valence electrons. The van der Waals surface area contributed by atoms with Crippen molar-refractivity contribution in [2.75, 3.05) is 0 Å².